The SMILES string of the molecule is CC1(C)CC[C@@H]2C(=O)C=C[C@@H]2C1. The molecule has 2 aliphatic carbocycles. The van der Waals surface area contributed by atoms with Crippen molar-refractivity contribution in [1.82, 2.24) is 0 Å². The van der Waals surface area contributed by atoms with Crippen molar-refractivity contribution in [3.05, 3.63) is 12.2 Å². The molecule has 12 heavy (non-hydrogen) atoms. The molecule has 0 aromatic heterocycles. The molecule has 1 fully saturated rings. The standard InChI is InChI=1S/C11H16O/c1-11(2)6-5-9-8(7-11)3-4-10(9)12/h3-4,8-9H,5-7H2,1-2H3/t8-,9+/m1/s1. The van der Waals surface area contributed by atoms with Crippen molar-refractivity contribution in [3.8, 4) is 0 Å². The first-order valence-corrected chi connectivity index (χ1v) is 4.81. The van der Waals surface area contributed by atoms with Crippen LogP contribution in [-0.2, 0) is 4.79 Å². The molecule has 2 rings (SSSR count). The maximum Gasteiger partial charge on any atom is 0.159 e. The normalized spacial score (nSPS) is 38.3. The summed E-state index contributed by atoms with van der Waals surface area (Å²) in [6, 6.07) is 0. The van der Waals surface area contributed by atoms with Crippen LogP contribution in [0.5, 0.6) is 0 Å². The minimum atomic E-state index is 0.345. The highest BCUT2D eigenvalue weighted by Gasteiger charge is 2.38. The van der Waals surface area contributed by atoms with Crippen LogP contribution in [0.1, 0.15) is 33.1 Å². The van der Waals surface area contributed by atoms with Gasteiger partial charge >= 0.3 is 0 Å². The third-order valence-corrected chi connectivity index (χ3v) is 3.31. The average Bonchev–Trinajstić information content (AvgIpc) is 2.30. The molecule has 0 saturated heterocycles. The van der Waals surface area contributed by atoms with Crippen LogP contribution in [-0.4, -0.2) is 5.78 Å². The molecule has 1 heteroatoms. The predicted molar refractivity (Wildman–Crippen MR) is 48.8 cm³/mol. The summed E-state index contributed by atoms with van der Waals surface area (Å²) in [6.45, 7) is 4.61. The summed E-state index contributed by atoms with van der Waals surface area (Å²) < 4.78 is 0. The molecule has 2 aliphatic rings. The first-order valence-electron chi connectivity index (χ1n) is 4.81. The quantitative estimate of drug-likeness (QED) is 0.537. The summed E-state index contributed by atoms with van der Waals surface area (Å²) in [5.74, 6) is 1.27. The minimum Gasteiger partial charge on any atom is -0.295 e. The average molecular weight is 164 g/mol. The number of hydrogen-bond donors (Lipinski definition) is 0. The van der Waals surface area contributed by atoms with Gasteiger partial charge in [0.05, 0.1) is 0 Å². The van der Waals surface area contributed by atoms with E-state index in [2.05, 4.69) is 19.9 Å². The Labute approximate surface area is 73.8 Å². The van der Waals surface area contributed by atoms with E-state index in [-0.39, 0.29) is 0 Å². The lowest BCUT2D eigenvalue weighted by Crippen LogP contribution is -2.29. The van der Waals surface area contributed by atoms with Crippen LogP contribution >= 0.6 is 0 Å². The first-order chi connectivity index (χ1) is 5.58. The molecule has 1 nitrogen and oxygen atoms in total. The summed E-state index contributed by atoms with van der Waals surface area (Å²) in [7, 11) is 0. The van der Waals surface area contributed by atoms with Crippen LogP contribution < -0.4 is 0 Å². The van der Waals surface area contributed by atoms with E-state index >= 15 is 0 Å². The van der Waals surface area contributed by atoms with Gasteiger partial charge in [0.2, 0.25) is 0 Å². The van der Waals surface area contributed by atoms with Crippen molar-refractivity contribution in [3.63, 3.8) is 0 Å². The lowest BCUT2D eigenvalue weighted by atomic mass is 9.68. The van der Waals surface area contributed by atoms with Gasteiger partial charge in [-0.15, -0.1) is 0 Å². The zero-order valence-corrected chi connectivity index (χ0v) is 7.84. The molecular weight excluding hydrogens is 148 g/mol. The number of rotatable bonds is 0. The fraction of sp³-hybridized carbons (Fsp3) is 0.727. The number of fused-ring (bicyclic) bond motifs is 1. The van der Waals surface area contributed by atoms with E-state index in [1.54, 1.807) is 6.08 Å². The first kappa shape index (κ1) is 8.03. The number of hydrogen-bond acceptors (Lipinski definition) is 1. The smallest absolute Gasteiger partial charge is 0.159 e. The van der Waals surface area contributed by atoms with Gasteiger partial charge in [-0.3, -0.25) is 4.79 Å². The molecule has 0 bridgehead atoms. The van der Waals surface area contributed by atoms with Crippen molar-refractivity contribution < 1.29 is 4.79 Å². The topological polar surface area (TPSA) is 17.1 Å². The van der Waals surface area contributed by atoms with Crippen molar-refractivity contribution in [2.24, 2.45) is 17.3 Å². The van der Waals surface area contributed by atoms with Gasteiger partial charge in [-0.05, 0) is 36.7 Å². The van der Waals surface area contributed by atoms with E-state index in [0.29, 0.717) is 23.0 Å². The van der Waals surface area contributed by atoms with E-state index < -0.39 is 0 Å². The van der Waals surface area contributed by atoms with Crippen LogP contribution in [0.2, 0.25) is 0 Å². The molecule has 66 valence electrons. The summed E-state index contributed by atoms with van der Waals surface area (Å²) in [5.41, 5.74) is 0.454. The van der Waals surface area contributed by atoms with Gasteiger partial charge in [0.15, 0.2) is 5.78 Å². The number of carbonyl (C=O) groups is 1. The summed E-state index contributed by atoms with van der Waals surface area (Å²) >= 11 is 0. The highest BCUT2D eigenvalue weighted by atomic mass is 16.1. The van der Waals surface area contributed by atoms with Crippen LogP contribution in [0, 0.1) is 17.3 Å². The number of ketones is 1. The monoisotopic (exact) mass is 164 g/mol. The van der Waals surface area contributed by atoms with E-state index in [9.17, 15) is 4.79 Å². The Hall–Kier alpha value is -0.590. The largest absolute Gasteiger partial charge is 0.295 e. The van der Waals surface area contributed by atoms with Crippen molar-refractivity contribution in [2.45, 2.75) is 33.1 Å². The number of allylic oxidation sites excluding steroid dienone is 2. The van der Waals surface area contributed by atoms with Gasteiger partial charge in [-0.1, -0.05) is 19.9 Å². The molecule has 2 atom stereocenters. The molecular formula is C11H16O. The highest BCUT2D eigenvalue weighted by molar-refractivity contribution is 5.94. The van der Waals surface area contributed by atoms with E-state index in [4.69, 9.17) is 0 Å². The zero-order chi connectivity index (χ0) is 8.77. The van der Waals surface area contributed by atoms with Gasteiger partial charge < -0.3 is 0 Å². The molecule has 0 radical (unpaired) electrons. The lowest BCUT2D eigenvalue weighted by molar-refractivity contribution is -0.119. The Bertz CT molecular complexity index is 237. The Morgan fingerprint density at radius 3 is 3.00 bits per heavy atom. The Balaban J connectivity index is 2.14. The van der Waals surface area contributed by atoms with E-state index in [0.717, 1.165) is 6.42 Å². The van der Waals surface area contributed by atoms with Crippen molar-refractivity contribution in [2.75, 3.05) is 0 Å². The summed E-state index contributed by atoms with van der Waals surface area (Å²) in [5, 5.41) is 0. The lowest BCUT2D eigenvalue weighted by Gasteiger charge is -2.36. The molecule has 0 spiro atoms. The van der Waals surface area contributed by atoms with Crippen LogP contribution in [0.3, 0.4) is 0 Å². The second kappa shape index (κ2) is 2.45. The van der Waals surface area contributed by atoms with Crippen LogP contribution in [0.15, 0.2) is 12.2 Å². The van der Waals surface area contributed by atoms with Gasteiger partial charge in [0, 0.05) is 5.92 Å². The second-order valence-corrected chi connectivity index (χ2v) is 4.94. The summed E-state index contributed by atoms with van der Waals surface area (Å²) in [6.07, 6.45) is 7.41. The minimum absolute atomic E-state index is 0.345. The van der Waals surface area contributed by atoms with Gasteiger partial charge in [-0.2, -0.15) is 0 Å². The third kappa shape index (κ3) is 1.21. The highest BCUT2D eigenvalue weighted by Crippen LogP contribution is 2.44. The van der Waals surface area contributed by atoms with Gasteiger partial charge in [-0.25, -0.2) is 0 Å². The maximum absolute atomic E-state index is 11.3. The van der Waals surface area contributed by atoms with Gasteiger partial charge in [0.25, 0.3) is 0 Å². The fourth-order valence-electron chi connectivity index (χ4n) is 2.54. The molecule has 0 unspecified atom stereocenters. The van der Waals surface area contributed by atoms with Crippen molar-refractivity contribution >= 4 is 5.78 Å². The molecule has 0 aromatic carbocycles. The molecule has 0 amide bonds. The predicted octanol–water partition coefficient (Wildman–Crippen LogP) is 2.57. The Kier molecular flexibility index (Phi) is 1.64. The van der Waals surface area contributed by atoms with Crippen molar-refractivity contribution in [1.29, 1.82) is 0 Å². The fourth-order valence-corrected chi connectivity index (χ4v) is 2.54. The molecule has 1 saturated carbocycles. The second-order valence-electron chi connectivity index (χ2n) is 4.94. The molecule has 0 aliphatic heterocycles. The van der Waals surface area contributed by atoms with Crippen LogP contribution in [0.4, 0.5) is 0 Å². The molecule has 0 heterocycles. The summed E-state index contributed by atoms with van der Waals surface area (Å²) in [4.78, 5) is 11.3. The number of carbonyl (C=O) groups excluding carboxylic acids is 1. The van der Waals surface area contributed by atoms with Gasteiger partial charge in [0.1, 0.15) is 0 Å². The third-order valence-electron chi connectivity index (χ3n) is 3.31. The molecule has 0 aromatic rings. The Morgan fingerprint density at radius 2 is 2.25 bits per heavy atom. The van der Waals surface area contributed by atoms with E-state index in [1.807, 2.05) is 0 Å². The maximum atomic E-state index is 11.3. The van der Waals surface area contributed by atoms with Crippen LogP contribution in [0.25, 0.3) is 0 Å². The Morgan fingerprint density at radius 1 is 1.50 bits per heavy atom. The molecule has 0 N–H and O–H groups in total. The zero-order valence-electron chi connectivity index (χ0n) is 7.84. The van der Waals surface area contributed by atoms with E-state index in [1.165, 1.54) is 12.8 Å².